The van der Waals surface area contributed by atoms with Gasteiger partial charge in [-0.3, -0.25) is 4.90 Å². The van der Waals surface area contributed by atoms with Crippen LogP contribution in [0.15, 0.2) is 18.2 Å². The summed E-state index contributed by atoms with van der Waals surface area (Å²) < 4.78 is 13.4. The molecule has 1 atom stereocenters. The molecule has 4 heteroatoms. The molecule has 1 unspecified atom stereocenters. The van der Waals surface area contributed by atoms with E-state index in [1.807, 2.05) is 6.07 Å². The smallest absolute Gasteiger partial charge is 0.142 e. The first-order valence-corrected chi connectivity index (χ1v) is 7.46. The standard InChI is InChI=1S/C15H22ClFN2/c1-2-4-13-11-19(8-3-7-18-13)10-12-5-6-14(16)15(17)9-12/h5-6,9,13,18H,2-4,7-8,10-11H2,1H3. The second-order valence-corrected chi connectivity index (χ2v) is 5.68. The van der Waals surface area contributed by atoms with Gasteiger partial charge in [0.15, 0.2) is 0 Å². The van der Waals surface area contributed by atoms with Crippen LogP contribution >= 0.6 is 11.6 Å². The number of nitrogens with one attached hydrogen (secondary N) is 1. The predicted octanol–water partition coefficient (Wildman–Crippen LogP) is 3.44. The molecule has 1 aromatic carbocycles. The van der Waals surface area contributed by atoms with E-state index in [0.29, 0.717) is 6.04 Å². The number of halogens is 2. The minimum Gasteiger partial charge on any atom is -0.313 e. The van der Waals surface area contributed by atoms with E-state index in [2.05, 4.69) is 17.1 Å². The van der Waals surface area contributed by atoms with Crippen molar-refractivity contribution >= 4 is 11.6 Å². The van der Waals surface area contributed by atoms with Gasteiger partial charge in [0.1, 0.15) is 5.82 Å². The van der Waals surface area contributed by atoms with Gasteiger partial charge in [-0.05, 0) is 43.6 Å². The molecule has 1 N–H and O–H groups in total. The molecular weight excluding hydrogens is 263 g/mol. The molecule has 1 fully saturated rings. The third-order valence-electron chi connectivity index (χ3n) is 3.59. The SMILES string of the molecule is CCCC1CN(Cc2ccc(Cl)c(F)c2)CCCN1. The first-order valence-electron chi connectivity index (χ1n) is 7.08. The Morgan fingerprint density at radius 3 is 3.05 bits per heavy atom. The van der Waals surface area contributed by atoms with Gasteiger partial charge in [-0.15, -0.1) is 0 Å². The van der Waals surface area contributed by atoms with Crippen molar-refractivity contribution in [3.05, 3.63) is 34.6 Å². The van der Waals surface area contributed by atoms with Gasteiger partial charge in [-0.2, -0.15) is 0 Å². The fourth-order valence-electron chi connectivity index (χ4n) is 2.66. The van der Waals surface area contributed by atoms with Gasteiger partial charge in [0, 0.05) is 19.1 Å². The van der Waals surface area contributed by atoms with Gasteiger partial charge in [0.05, 0.1) is 5.02 Å². The van der Waals surface area contributed by atoms with Crippen LogP contribution in [0, 0.1) is 5.82 Å². The maximum absolute atomic E-state index is 13.4. The average molecular weight is 285 g/mol. The Morgan fingerprint density at radius 1 is 1.47 bits per heavy atom. The molecule has 1 aromatic rings. The Labute approximate surface area is 119 Å². The summed E-state index contributed by atoms with van der Waals surface area (Å²) in [6.45, 7) is 6.20. The predicted molar refractivity (Wildman–Crippen MR) is 78.0 cm³/mol. The Morgan fingerprint density at radius 2 is 2.32 bits per heavy atom. The van der Waals surface area contributed by atoms with Gasteiger partial charge in [0.2, 0.25) is 0 Å². The maximum atomic E-state index is 13.4. The maximum Gasteiger partial charge on any atom is 0.142 e. The van der Waals surface area contributed by atoms with E-state index < -0.39 is 0 Å². The zero-order valence-corrected chi connectivity index (χ0v) is 12.2. The summed E-state index contributed by atoms with van der Waals surface area (Å²) in [7, 11) is 0. The van der Waals surface area contributed by atoms with Gasteiger partial charge in [0.25, 0.3) is 0 Å². The summed E-state index contributed by atoms with van der Waals surface area (Å²) in [4.78, 5) is 2.41. The first-order chi connectivity index (χ1) is 9.19. The lowest BCUT2D eigenvalue weighted by Crippen LogP contribution is -2.37. The van der Waals surface area contributed by atoms with Crippen molar-refractivity contribution in [3.63, 3.8) is 0 Å². The lowest BCUT2D eigenvalue weighted by molar-refractivity contribution is 0.254. The highest BCUT2D eigenvalue weighted by atomic mass is 35.5. The monoisotopic (exact) mass is 284 g/mol. The molecule has 2 nitrogen and oxygen atoms in total. The fraction of sp³-hybridized carbons (Fsp3) is 0.600. The molecular formula is C15H22ClFN2. The number of nitrogens with zero attached hydrogens (tertiary/aromatic N) is 1. The van der Waals surface area contributed by atoms with Crippen molar-refractivity contribution < 1.29 is 4.39 Å². The van der Waals surface area contributed by atoms with E-state index in [-0.39, 0.29) is 10.8 Å². The molecule has 0 radical (unpaired) electrons. The van der Waals surface area contributed by atoms with E-state index in [4.69, 9.17) is 11.6 Å². The summed E-state index contributed by atoms with van der Waals surface area (Å²) in [6.07, 6.45) is 3.54. The van der Waals surface area contributed by atoms with Crippen LogP contribution in [0.5, 0.6) is 0 Å². The van der Waals surface area contributed by atoms with E-state index in [1.165, 1.54) is 12.8 Å². The van der Waals surface area contributed by atoms with E-state index in [0.717, 1.165) is 38.2 Å². The van der Waals surface area contributed by atoms with E-state index >= 15 is 0 Å². The third-order valence-corrected chi connectivity index (χ3v) is 3.90. The summed E-state index contributed by atoms with van der Waals surface area (Å²) in [5.41, 5.74) is 0.999. The van der Waals surface area contributed by atoms with Gasteiger partial charge < -0.3 is 5.32 Å². The summed E-state index contributed by atoms with van der Waals surface area (Å²) >= 11 is 5.72. The van der Waals surface area contributed by atoms with Crippen LogP contribution in [0.1, 0.15) is 31.7 Å². The highest BCUT2D eigenvalue weighted by Gasteiger charge is 2.17. The Kier molecular flexibility index (Phi) is 5.61. The third kappa shape index (κ3) is 4.44. The van der Waals surface area contributed by atoms with Crippen LogP contribution in [0.4, 0.5) is 4.39 Å². The Hall–Kier alpha value is -0.640. The second kappa shape index (κ2) is 7.22. The number of benzene rings is 1. The Balaban J connectivity index is 1.97. The number of hydrogen-bond acceptors (Lipinski definition) is 2. The largest absolute Gasteiger partial charge is 0.313 e. The summed E-state index contributed by atoms with van der Waals surface area (Å²) in [5.74, 6) is -0.322. The van der Waals surface area contributed by atoms with Crippen LogP contribution in [0.2, 0.25) is 5.02 Å². The van der Waals surface area contributed by atoms with Crippen LogP contribution in [0.25, 0.3) is 0 Å². The molecule has 2 rings (SSSR count). The molecule has 0 spiro atoms. The normalized spacial score (nSPS) is 21.3. The molecule has 1 saturated heterocycles. The van der Waals surface area contributed by atoms with Crippen LogP contribution in [-0.4, -0.2) is 30.6 Å². The molecule has 0 aliphatic carbocycles. The van der Waals surface area contributed by atoms with Crippen molar-refractivity contribution in [3.8, 4) is 0 Å². The number of rotatable bonds is 4. The van der Waals surface area contributed by atoms with Gasteiger partial charge in [-0.25, -0.2) is 4.39 Å². The van der Waals surface area contributed by atoms with E-state index in [9.17, 15) is 4.39 Å². The molecule has 1 heterocycles. The van der Waals surface area contributed by atoms with E-state index in [1.54, 1.807) is 12.1 Å². The molecule has 1 aliphatic rings. The minimum atomic E-state index is -0.322. The topological polar surface area (TPSA) is 15.3 Å². The van der Waals surface area contributed by atoms with Crippen molar-refractivity contribution in [1.82, 2.24) is 10.2 Å². The van der Waals surface area contributed by atoms with Crippen molar-refractivity contribution in [2.24, 2.45) is 0 Å². The molecule has 0 saturated carbocycles. The van der Waals surface area contributed by atoms with Crippen molar-refractivity contribution in [1.29, 1.82) is 0 Å². The second-order valence-electron chi connectivity index (χ2n) is 5.28. The molecule has 0 aromatic heterocycles. The quantitative estimate of drug-likeness (QED) is 0.911. The zero-order valence-electron chi connectivity index (χ0n) is 11.5. The first kappa shape index (κ1) is 14.8. The fourth-order valence-corrected chi connectivity index (χ4v) is 2.78. The van der Waals surface area contributed by atoms with Crippen LogP contribution in [0.3, 0.4) is 0 Å². The summed E-state index contributed by atoms with van der Waals surface area (Å²) in [6, 6.07) is 5.67. The number of hydrogen-bond donors (Lipinski definition) is 1. The van der Waals surface area contributed by atoms with Crippen molar-refractivity contribution in [2.75, 3.05) is 19.6 Å². The van der Waals surface area contributed by atoms with Gasteiger partial charge in [-0.1, -0.05) is 31.0 Å². The summed E-state index contributed by atoms with van der Waals surface area (Å²) in [5, 5.41) is 3.78. The van der Waals surface area contributed by atoms with Crippen LogP contribution < -0.4 is 5.32 Å². The molecule has 19 heavy (non-hydrogen) atoms. The van der Waals surface area contributed by atoms with Crippen molar-refractivity contribution in [2.45, 2.75) is 38.8 Å². The molecule has 106 valence electrons. The van der Waals surface area contributed by atoms with Gasteiger partial charge >= 0.3 is 0 Å². The lowest BCUT2D eigenvalue weighted by Gasteiger charge is -2.24. The van der Waals surface area contributed by atoms with Crippen LogP contribution in [-0.2, 0) is 6.54 Å². The highest BCUT2D eigenvalue weighted by Crippen LogP contribution is 2.17. The molecule has 1 aliphatic heterocycles. The minimum absolute atomic E-state index is 0.199. The highest BCUT2D eigenvalue weighted by molar-refractivity contribution is 6.30. The lowest BCUT2D eigenvalue weighted by atomic mass is 10.1. The zero-order chi connectivity index (χ0) is 13.7. The molecule has 0 bridgehead atoms. The Bertz CT molecular complexity index is 411. The molecule has 0 amide bonds. The average Bonchev–Trinajstić information content (AvgIpc) is 2.60.